The Morgan fingerprint density at radius 1 is 1.33 bits per heavy atom. The quantitative estimate of drug-likeness (QED) is 0.365. The minimum Gasteiger partial charge on any atom is -0.398 e. The van der Waals surface area contributed by atoms with Crippen LogP contribution in [0.2, 0.25) is 0 Å². The van der Waals surface area contributed by atoms with Gasteiger partial charge in [-0.3, -0.25) is 14.9 Å². The van der Waals surface area contributed by atoms with Crippen LogP contribution in [-0.2, 0) is 0 Å². The van der Waals surface area contributed by atoms with E-state index in [2.05, 4.69) is 5.32 Å². The molecule has 9 heteroatoms. The number of nitrogens with one attached hydrogen (secondary N) is 1. The molecule has 0 saturated carbocycles. The molecular formula is C12H14F3N3O3. The predicted octanol–water partition coefficient (Wildman–Crippen LogP) is 2.64. The minimum absolute atomic E-state index is 0.0387. The van der Waals surface area contributed by atoms with E-state index in [1.165, 1.54) is 6.07 Å². The lowest BCUT2D eigenvalue weighted by atomic mass is 10.1. The van der Waals surface area contributed by atoms with Gasteiger partial charge >= 0.3 is 6.18 Å². The van der Waals surface area contributed by atoms with Crippen molar-refractivity contribution in [3.63, 3.8) is 0 Å². The number of nitro benzene ring substituents is 1. The summed E-state index contributed by atoms with van der Waals surface area (Å²) in [5, 5.41) is 13.0. The van der Waals surface area contributed by atoms with Gasteiger partial charge in [0.05, 0.1) is 10.5 Å². The SMILES string of the molecule is Nc1ccc([N+](=O)[O-])cc1C(=O)NCCCCC(F)(F)F. The number of alkyl halides is 3. The molecule has 0 atom stereocenters. The number of carbonyl (C=O) groups excluding carboxylic acids is 1. The van der Waals surface area contributed by atoms with Crippen molar-refractivity contribution in [2.24, 2.45) is 0 Å². The molecular weight excluding hydrogens is 291 g/mol. The lowest BCUT2D eigenvalue weighted by molar-refractivity contribution is -0.384. The van der Waals surface area contributed by atoms with Gasteiger partial charge < -0.3 is 11.1 Å². The van der Waals surface area contributed by atoms with Gasteiger partial charge in [-0.05, 0) is 18.9 Å². The van der Waals surface area contributed by atoms with Crippen molar-refractivity contribution in [2.45, 2.75) is 25.4 Å². The van der Waals surface area contributed by atoms with E-state index in [4.69, 9.17) is 5.73 Å². The third kappa shape index (κ3) is 5.67. The van der Waals surface area contributed by atoms with E-state index < -0.39 is 23.4 Å². The van der Waals surface area contributed by atoms with Gasteiger partial charge in [-0.2, -0.15) is 13.2 Å². The number of benzene rings is 1. The molecule has 0 spiro atoms. The summed E-state index contributed by atoms with van der Waals surface area (Å²) in [5.74, 6) is -0.650. The van der Waals surface area contributed by atoms with Crippen LogP contribution in [0, 0.1) is 10.1 Å². The maximum absolute atomic E-state index is 11.9. The highest BCUT2D eigenvalue weighted by Gasteiger charge is 2.25. The molecule has 3 N–H and O–H groups in total. The van der Waals surface area contributed by atoms with Crippen LogP contribution in [-0.4, -0.2) is 23.6 Å². The number of non-ortho nitro benzene ring substituents is 1. The third-order valence-electron chi connectivity index (χ3n) is 2.66. The summed E-state index contributed by atoms with van der Waals surface area (Å²) in [7, 11) is 0. The molecule has 0 aliphatic heterocycles. The number of carbonyl (C=O) groups is 1. The maximum atomic E-state index is 11.9. The lowest BCUT2D eigenvalue weighted by Gasteiger charge is -2.08. The summed E-state index contributed by atoms with van der Waals surface area (Å²) >= 11 is 0. The number of nitrogens with two attached hydrogens (primary N) is 1. The Bertz CT molecular complexity index is 532. The van der Waals surface area contributed by atoms with Crippen LogP contribution >= 0.6 is 0 Å². The molecule has 0 unspecified atom stereocenters. The van der Waals surface area contributed by atoms with Crippen molar-refractivity contribution in [3.8, 4) is 0 Å². The molecule has 0 heterocycles. The summed E-state index contributed by atoms with van der Waals surface area (Å²) in [6.07, 6.45) is -5.08. The van der Waals surface area contributed by atoms with E-state index in [0.29, 0.717) is 0 Å². The first-order valence-corrected chi connectivity index (χ1v) is 6.09. The molecule has 0 aliphatic carbocycles. The van der Waals surface area contributed by atoms with Gasteiger partial charge in [0, 0.05) is 30.8 Å². The average molecular weight is 305 g/mol. The summed E-state index contributed by atoms with van der Waals surface area (Å²) < 4.78 is 35.7. The van der Waals surface area contributed by atoms with Crippen molar-refractivity contribution in [1.82, 2.24) is 5.32 Å². The Balaban J connectivity index is 2.52. The van der Waals surface area contributed by atoms with E-state index in [-0.39, 0.29) is 36.3 Å². The number of nitro groups is 1. The van der Waals surface area contributed by atoms with Crippen LogP contribution in [0.5, 0.6) is 0 Å². The number of unbranched alkanes of at least 4 members (excludes halogenated alkanes) is 1. The molecule has 1 rings (SSSR count). The van der Waals surface area contributed by atoms with Crippen LogP contribution in [0.4, 0.5) is 24.5 Å². The summed E-state index contributed by atoms with van der Waals surface area (Å²) in [6, 6.07) is 3.42. The van der Waals surface area contributed by atoms with Crippen LogP contribution in [0.3, 0.4) is 0 Å². The molecule has 6 nitrogen and oxygen atoms in total. The summed E-state index contributed by atoms with van der Waals surface area (Å²) in [4.78, 5) is 21.7. The highest BCUT2D eigenvalue weighted by molar-refractivity contribution is 5.99. The van der Waals surface area contributed by atoms with E-state index in [0.717, 1.165) is 12.1 Å². The van der Waals surface area contributed by atoms with E-state index >= 15 is 0 Å². The second-order valence-corrected chi connectivity index (χ2v) is 4.36. The number of hydrogen-bond acceptors (Lipinski definition) is 4. The molecule has 1 amide bonds. The van der Waals surface area contributed by atoms with Crippen molar-refractivity contribution < 1.29 is 22.9 Å². The van der Waals surface area contributed by atoms with E-state index in [1.807, 2.05) is 0 Å². The van der Waals surface area contributed by atoms with Gasteiger partial charge in [-0.1, -0.05) is 0 Å². The fraction of sp³-hybridized carbons (Fsp3) is 0.417. The first-order valence-electron chi connectivity index (χ1n) is 6.09. The Morgan fingerprint density at radius 3 is 2.57 bits per heavy atom. The number of anilines is 1. The van der Waals surface area contributed by atoms with Crippen molar-refractivity contribution in [3.05, 3.63) is 33.9 Å². The number of nitrogen functional groups attached to an aromatic ring is 1. The molecule has 0 bridgehead atoms. The number of amides is 1. The van der Waals surface area contributed by atoms with Gasteiger partial charge in [0.1, 0.15) is 0 Å². The van der Waals surface area contributed by atoms with E-state index in [1.54, 1.807) is 0 Å². The minimum atomic E-state index is -4.21. The van der Waals surface area contributed by atoms with Crippen molar-refractivity contribution in [2.75, 3.05) is 12.3 Å². The Morgan fingerprint density at radius 2 is 2.00 bits per heavy atom. The standard InChI is InChI=1S/C12H14F3N3O3/c13-12(14,15)5-1-2-6-17-11(19)9-7-8(18(20)21)3-4-10(9)16/h3-4,7H,1-2,5-6,16H2,(H,17,19). The third-order valence-corrected chi connectivity index (χ3v) is 2.66. The van der Waals surface area contributed by atoms with Crippen LogP contribution in [0.15, 0.2) is 18.2 Å². The largest absolute Gasteiger partial charge is 0.398 e. The zero-order valence-corrected chi connectivity index (χ0v) is 10.9. The molecule has 1 aromatic carbocycles. The zero-order chi connectivity index (χ0) is 16.0. The van der Waals surface area contributed by atoms with Crippen molar-refractivity contribution >= 4 is 17.3 Å². The fourth-order valence-corrected chi connectivity index (χ4v) is 1.60. The Hall–Kier alpha value is -2.32. The van der Waals surface area contributed by atoms with Gasteiger partial charge in [-0.15, -0.1) is 0 Å². The fourth-order valence-electron chi connectivity index (χ4n) is 1.60. The zero-order valence-electron chi connectivity index (χ0n) is 10.9. The lowest BCUT2D eigenvalue weighted by Crippen LogP contribution is -2.25. The van der Waals surface area contributed by atoms with Crippen LogP contribution in [0.1, 0.15) is 29.6 Å². The van der Waals surface area contributed by atoms with E-state index in [9.17, 15) is 28.1 Å². The molecule has 0 fully saturated rings. The number of hydrogen-bond donors (Lipinski definition) is 2. The molecule has 21 heavy (non-hydrogen) atoms. The first-order chi connectivity index (χ1) is 9.70. The second kappa shape index (κ2) is 6.91. The molecule has 0 aromatic heterocycles. The average Bonchev–Trinajstić information content (AvgIpc) is 2.36. The second-order valence-electron chi connectivity index (χ2n) is 4.36. The molecule has 0 aliphatic rings. The summed E-state index contributed by atoms with van der Waals surface area (Å²) in [5.41, 5.74) is 5.25. The molecule has 1 aromatic rings. The van der Waals surface area contributed by atoms with Crippen LogP contribution < -0.4 is 11.1 Å². The highest BCUT2D eigenvalue weighted by atomic mass is 19.4. The van der Waals surface area contributed by atoms with Crippen molar-refractivity contribution in [1.29, 1.82) is 0 Å². The molecule has 0 radical (unpaired) electrons. The van der Waals surface area contributed by atoms with Gasteiger partial charge in [-0.25, -0.2) is 0 Å². The van der Waals surface area contributed by atoms with Gasteiger partial charge in [0.25, 0.3) is 11.6 Å². The number of nitrogens with zero attached hydrogens (tertiary/aromatic N) is 1. The first kappa shape index (κ1) is 16.7. The van der Waals surface area contributed by atoms with Crippen LogP contribution in [0.25, 0.3) is 0 Å². The smallest absolute Gasteiger partial charge is 0.389 e. The summed E-state index contributed by atoms with van der Waals surface area (Å²) in [6.45, 7) is 0.0387. The highest BCUT2D eigenvalue weighted by Crippen LogP contribution is 2.22. The topological polar surface area (TPSA) is 98.3 Å². The Kier molecular flexibility index (Phi) is 5.51. The van der Waals surface area contributed by atoms with Gasteiger partial charge in [0.15, 0.2) is 0 Å². The normalized spacial score (nSPS) is 11.2. The maximum Gasteiger partial charge on any atom is 0.389 e. The number of rotatable bonds is 6. The monoisotopic (exact) mass is 305 g/mol. The molecule has 0 saturated heterocycles. The predicted molar refractivity (Wildman–Crippen MR) is 69.7 cm³/mol. The molecule has 116 valence electrons. The van der Waals surface area contributed by atoms with Gasteiger partial charge in [0.2, 0.25) is 0 Å². The number of halogens is 3. The Labute approximate surface area is 118 Å².